The number of amides is 1. The van der Waals surface area contributed by atoms with Gasteiger partial charge in [0.25, 0.3) is 15.9 Å². The summed E-state index contributed by atoms with van der Waals surface area (Å²) in [6.07, 6.45) is 5.73. The number of likely N-dealkylation sites (N-methyl/N-ethyl adjacent to an activating group) is 1. The highest BCUT2D eigenvalue weighted by Crippen LogP contribution is 2.29. The number of hydrogen-bond acceptors (Lipinski definition) is 8. The normalized spacial score (nSPS) is 20.8. The second-order valence-electron chi connectivity index (χ2n) is 12.5. The number of benzene rings is 2. The van der Waals surface area contributed by atoms with E-state index in [1.165, 1.54) is 6.07 Å². The number of ether oxygens (including phenoxy) is 2. The third-order valence-corrected chi connectivity index (χ3v) is 9.73. The first-order valence-corrected chi connectivity index (χ1v) is 17.5. The van der Waals surface area contributed by atoms with Crippen molar-refractivity contribution >= 4 is 21.6 Å². The van der Waals surface area contributed by atoms with Gasteiger partial charge in [0.1, 0.15) is 5.75 Å². The van der Waals surface area contributed by atoms with Crippen molar-refractivity contribution in [3.63, 3.8) is 0 Å². The first kappa shape index (κ1) is 35.3. The number of anilines is 1. The van der Waals surface area contributed by atoms with Crippen LogP contribution in [0.15, 0.2) is 71.9 Å². The van der Waals surface area contributed by atoms with Crippen molar-refractivity contribution in [2.24, 2.45) is 5.92 Å². The largest absolute Gasteiger partial charge is 0.490 e. The predicted octanol–water partition coefficient (Wildman–Crippen LogP) is 5.12. The van der Waals surface area contributed by atoms with Crippen molar-refractivity contribution < 1.29 is 27.8 Å². The van der Waals surface area contributed by atoms with Crippen LogP contribution >= 0.6 is 0 Å². The van der Waals surface area contributed by atoms with Crippen LogP contribution in [-0.4, -0.2) is 85.8 Å². The number of carbonyl (C=O) groups is 1. The number of hydrogen-bond donors (Lipinski definition) is 2. The molecule has 0 unspecified atom stereocenters. The molecule has 250 valence electrons. The molecule has 0 radical (unpaired) electrons. The monoisotopic (exact) mass is 652 g/mol. The highest BCUT2D eigenvalue weighted by atomic mass is 32.2. The number of pyridine rings is 1. The van der Waals surface area contributed by atoms with E-state index in [4.69, 9.17) is 9.47 Å². The van der Waals surface area contributed by atoms with Crippen LogP contribution in [0, 0.1) is 12.8 Å². The van der Waals surface area contributed by atoms with Gasteiger partial charge in [-0.1, -0.05) is 24.6 Å². The molecule has 1 aliphatic heterocycles. The lowest BCUT2D eigenvalue weighted by Crippen LogP contribution is -2.47. The second-order valence-corrected chi connectivity index (χ2v) is 14.2. The van der Waals surface area contributed by atoms with Crippen LogP contribution in [0.25, 0.3) is 0 Å². The van der Waals surface area contributed by atoms with Gasteiger partial charge in [-0.15, -0.1) is 0 Å². The summed E-state index contributed by atoms with van der Waals surface area (Å²) in [6, 6.07) is 14.8. The van der Waals surface area contributed by atoms with Gasteiger partial charge in [-0.05, 0) is 95.1 Å². The van der Waals surface area contributed by atoms with Gasteiger partial charge in [0.15, 0.2) is 0 Å². The number of carbonyl (C=O) groups excluding carboxylic acids is 1. The molecule has 0 spiro atoms. The molecule has 2 N–H and O–H groups in total. The standard InChI is InChI=1S/C35H48N4O6S/c1-25-9-12-31(13-10-25)46(42,43)37-30-11-14-33-32(20-30)35(41)39(27(3)24-40)21-26(2)34(44-19-7-6-8-28(4)45-33)23-38(5)22-29-15-17-36-18-16-29/h9-18,20,26-28,34,37,40H,6-8,19,21-24H2,1-5H3/t26-,27-,28-,34+/m0/s1. The minimum absolute atomic E-state index is 0.0766. The van der Waals surface area contributed by atoms with E-state index in [2.05, 4.69) is 28.6 Å². The van der Waals surface area contributed by atoms with Crippen LogP contribution in [-0.2, 0) is 21.3 Å². The van der Waals surface area contributed by atoms with E-state index < -0.39 is 16.1 Å². The summed E-state index contributed by atoms with van der Waals surface area (Å²) in [5.74, 6) is -0.0549. The number of aromatic nitrogens is 1. The number of sulfonamides is 1. The molecule has 1 amide bonds. The zero-order valence-electron chi connectivity index (χ0n) is 27.6. The highest BCUT2D eigenvalue weighted by Gasteiger charge is 2.30. The summed E-state index contributed by atoms with van der Waals surface area (Å²) >= 11 is 0. The van der Waals surface area contributed by atoms with E-state index in [1.807, 2.05) is 26.0 Å². The van der Waals surface area contributed by atoms with Crippen LogP contribution in [0.2, 0.25) is 0 Å². The Labute approximate surface area is 273 Å². The smallest absolute Gasteiger partial charge is 0.261 e. The minimum Gasteiger partial charge on any atom is -0.490 e. The second kappa shape index (κ2) is 16.4. The molecule has 11 heteroatoms. The molecule has 0 fully saturated rings. The van der Waals surface area contributed by atoms with Crippen LogP contribution in [0.3, 0.4) is 0 Å². The minimum atomic E-state index is -3.90. The molecule has 0 bridgehead atoms. The number of aliphatic hydroxyl groups excluding tert-OH is 1. The average molecular weight is 653 g/mol. The Morgan fingerprint density at radius 2 is 1.80 bits per heavy atom. The quantitative estimate of drug-likeness (QED) is 0.327. The highest BCUT2D eigenvalue weighted by molar-refractivity contribution is 7.92. The molecular formula is C35H48N4O6S. The van der Waals surface area contributed by atoms with Gasteiger partial charge < -0.3 is 19.5 Å². The Morgan fingerprint density at radius 1 is 1.09 bits per heavy atom. The van der Waals surface area contributed by atoms with E-state index in [0.717, 1.165) is 36.9 Å². The van der Waals surface area contributed by atoms with E-state index in [1.54, 1.807) is 60.6 Å². The lowest BCUT2D eigenvalue weighted by molar-refractivity contribution is -0.0177. The summed E-state index contributed by atoms with van der Waals surface area (Å²) in [7, 11) is -1.85. The fourth-order valence-corrected chi connectivity index (χ4v) is 6.60. The number of aliphatic hydroxyl groups is 1. The van der Waals surface area contributed by atoms with Gasteiger partial charge in [-0.2, -0.15) is 0 Å². The van der Waals surface area contributed by atoms with Gasteiger partial charge in [-0.3, -0.25) is 19.4 Å². The summed E-state index contributed by atoms with van der Waals surface area (Å²) in [5.41, 5.74) is 2.57. The molecule has 10 nitrogen and oxygen atoms in total. The van der Waals surface area contributed by atoms with Crippen LogP contribution in [0.1, 0.15) is 61.5 Å². The number of nitrogens with zero attached hydrogens (tertiary/aromatic N) is 3. The predicted molar refractivity (Wildman–Crippen MR) is 179 cm³/mol. The fourth-order valence-electron chi connectivity index (χ4n) is 5.55. The van der Waals surface area contributed by atoms with Crippen molar-refractivity contribution in [2.75, 3.05) is 38.1 Å². The SMILES string of the molecule is Cc1ccc(S(=O)(=O)Nc2ccc3c(c2)C(=O)N([C@@H](C)CO)C[C@H](C)[C@@H](CN(C)Cc2ccncc2)OCCCC[C@H](C)O3)cc1. The maximum Gasteiger partial charge on any atom is 0.261 e. The molecule has 0 saturated heterocycles. The molecule has 4 atom stereocenters. The fraction of sp³-hybridized carbons (Fsp3) is 0.486. The number of fused-ring (bicyclic) bond motifs is 1. The molecule has 1 aliphatic rings. The van der Waals surface area contributed by atoms with Gasteiger partial charge in [0.05, 0.1) is 35.3 Å². The maximum absolute atomic E-state index is 14.4. The number of rotatable bonds is 9. The molecule has 0 aliphatic carbocycles. The van der Waals surface area contributed by atoms with E-state index in [-0.39, 0.29) is 46.8 Å². The summed E-state index contributed by atoms with van der Waals surface area (Å²) < 4.78 is 41.8. The Bertz CT molecular complexity index is 1520. The summed E-state index contributed by atoms with van der Waals surface area (Å²) in [6.45, 7) is 9.77. The Kier molecular flexibility index (Phi) is 12.6. The molecule has 2 heterocycles. The molecule has 0 saturated carbocycles. The van der Waals surface area contributed by atoms with Crippen LogP contribution < -0.4 is 9.46 Å². The zero-order valence-corrected chi connectivity index (χ0v) is 28.4. The Hall–Kier alpha value is -3.51. The zero-order chi connectivity index (χ0) is 33.3. The molecule has 46 heavy (non-hydrogen) atoms. The van der Waals surface area contributed by atoms with Gasteiger partial charge in [0, 0.05) is 50.2 Å². The third-order valence-electron chi connectivity index (χ3n) is 8.33. The topological polar surface area (TPSA) is 121 Å². The van der Waals surface area contributed by atoms with Crippen molar-refractivity contribution in [2.45, 2.75) is 76.6 Å². The Morgan fingerprint density at radius 3 is 2.50 bits per heavy atom. The first-order chi connectivity index (χ1) is 22.0. The molecule has 1 aromatic heterocycles. The van der Waals surface area contributed by atoms with E-state index >= 15 is 0 Å². The van der Waals surface area contributed by atoms with Crippen molar-refractivity contribution in [1.82, 2.24) is 14.8 Å². The van der Waals surface area contributed by atoms with Gasteiger partial charge in [-0.25, -0.2) is 8.42 Å². The first-order valence-electron chi connectivity index (χ1n) is 16.0. The molecule has 4 rings (SSSR count). The lowest BCUT2D eigenvalue weighted by Gasteiger charge is -2.36. The van der Waals surface area contributed by atoms with Crippen molar-refractivity contribution in [1.29, 1.82) is 0 Å². The molecule has 2 aromatic carbocycles. The summed E-state index contributed by atoms with van der Waals surface area (Å²) in [5, 5.41) is 10.2. The van der Waals surface area contributed by atoms with Crippen molar-refractivity contribution in [3.05, 3.63) is 83.7 Å². The third kappa shape index (κ3) is 9.75. The van der Waals surface area contributed by atoms with Crippen LogP contribution in [0.4, 0.5) is 5.69 Å². The average Bonchev–Trinajstić information content (AvgIpc) is 3.03. The van der Waals surface area contributed by atoms with Gasteiger partial charge in [0.2, 0.25) is 0 Å². The summed E-state index contributed by atoms with van der Waals surface area (Å²) in [4.78, 5) is 22.4. The Balaban J connectivity index is 1.64. The number of aryl methyl sites for hydroxylation is 1. The van der Waals surface area contributed by atoms with E-state index in [9.17, 15) is 18.3 Å². The lowest BCUT2D eigenvalue weighted by atomic mass is 10.0. The number of nitrogens with one attached hydrogen (secondary N) is 1. The van der Waals surface area contributed by atoms with Crippen molar-refractivity contribution in [3.8, 4) is 5.75 Å². The van der Waals surface area contributed by atoms with E-state index in [0.29, 0.717) is 25.4 Å². The molecular weight excluding hydrogens is 604 g/mol. The maximum atomic E-state index is 14.4. The van der Waals surface area contributed by atoms with Gasteiger partial charge >= 0.3 is 0 Å². The van der Waals surface area contributed by atoms with Crippen LogP contribution in [0.5, 0.6) is 5.75 Å². The molecule has 3 aromatic rings.